The fourth-order valence-electron chi connectivity index (χ4n) is 1.99. The van der Waals surface area contributed by atoms with E-state index in [9.17, 15) is 9.59 Å². The Morgan fingerprint density at radius 3 is 2.62 bits per heavy atom. The fourth-order valence-corrected chi connectivity index (χ4v) is 1.99. The number of nitrogens with two attached hydrogens (primary N) is 1. The standard InChI is InChI=1S/C16H15N3O2/c1-2-6-14(15(17)20)19-16(21)18-13-10-5-8-11-7-3-4-9-12(11)13/h1,3-5,7-10,14H,6H2,(H2,17,20)(H2,18,19,21)/t14-/m1/s1. The van der Waals surface area contributed by atoms with Crippen LogP contribution in [0.5, 0.6) is 0 Å². The van der Waals surface area contributed by atoms with Crippen LogP contribution in [0, 0.1) is 12.3 Å². The zero-order valence-electron chi connectivity index (χ0n) is 11.3. The summed E-state index contributed by atoms with van der Waals surface area (Å²) in [5.41, 5.74) is 5.83. The minimum atomic E-state index is -0.884. The summed E-state index contributed by atoms with van der Waals surface area (Å²) < 4.78 is 0. The van der Waals surface area contributed by atoms with E-state index in [-0.39, 0.29) is 6.42 Å². The summed E-state index contributed by atoms with van der Waals surface area (Å²) in [6.07, 6.45) is 5.19. The molecule has 3 amide bonds. The Kier molecular flexibility index (Phi) is 4.42. The molecule has 2 rings (SSSR count). The lowest BCUT2D eigenvalue weighted by atomic mass is 10.1. The molecule has 0 spiro atoms. The zero-order chi connectivity index (χ0) is 15.2. The van der Waals surface area contributed by atoms with E-state index in [1.165, 1.54) is 0 Å². The van der Waals surface area contributed by atoms with E-state index in [1.807, 2.05) is 36.4 Å². The van der Waals surface area contributed by atoms with Gasteiger partial charge >= 0.3 is 6.03 Å². The zero-order valence-corrected chi connectivity index (χ0v) is 11.3. The summed E-state index contributed by atoms with van der Waals surface area (Å²) in [5, 5.41) is 7.08. The molecule has 0 fully saturated rings. The van der Waals surface area contributed by atoms with Gasteiger partial charge in [0, 0.05) is 11.8 Å². The van der Waals surface area contributed by atoms with Gasteiger partial charge in [-0.15, -0.1) is 12.3 Å². The summed E-state index contributed by atoms with van der Waals surface area (Å²) in [7, 11) is 0. The maximum Gasteiger partial charge on any atom is 0.319 e. The van der Waals surface area contributed by atoms with Crippen LogP contribution in [0.25, 0.3) is 10.8 Å². The first-order chi connectivity index (χ1) is 10.1. The average Bonchev–Trinajstić information content (AvgIpc) is 2.47. The number of amides is 3. The highest BCUT2D eigenvalue weighted by Crippen LogP contribution is 2.22. The molecule has 2 aromatic rings. The maximum absolute atomic E-state index is 11.9. The van der Waals surface area contributed by atoms with Crippen molar-refractivity contribution in [1.82, 2.24) is 5.32 Å². The lowest BCUT2D eigenvalue weighted by molar-refractivity contribution is -0.119. The van der Waals surface area contributed by atoms with Crippen LogP contribution in [-0.2, 0) is 4.79 Å². The molecule has 0 aliphatic heterocycles. The van der Waals surface area contributed by atoms with Crippen LogP contribution in [0.1, 0.15) is 6.42 Å². The minimum absolute atomic E-state index is 0.0539. The molecular weight excluding hydrogens is 266 g/mol. The molecule has 0 bridgehead atoms. The Balaban J connectivity index is 2.15. The molecule has 21 heavy (non-hydrogen) atoms. The van der Waals surface area contributed by atoms with Crippen LogP contribution < -0.4 is 16.4 Å². The first-order valence-electron chi connectivity index (χ1n) is 6.40. The number of nitrogens with one attached hydrogen (secondary N) is 2. The second kappa shape index (κ2) is 6.44. The molecule has 4 N–H and O–H groups in total. The topological polar surface area (TPSA) is 84.2 Å². The lowest BCUT2D eigenvalue weighted by Crippen LogP contribution is -2.45. The molecule has 0 aliphatic rings. The number of carbonyl (C=O) groups excluding carboxylic acids is 2. The van der Waals surface area contributed by atoms with Gasteiger partial charge in [0.15, 0.2) is 0 Å². The number of fused-ring (bicyclic) bond motifs is 1. The van der Waals surface area contributed by atoms with Crippen molar-refractivity contribution >= 4 is 28.4 Å². The van der Waals surface area contributed by atoms with Crippen LogP contribution in [-0.4, -0.2) is 18.0 Å². The molecule has 5 heteroatoms. The van der Waals surface area contributed by atoms with E-state index >= 15 is 0 Å². The Hall–Kier alpha value is -3.00. The summed E-state index contributed by atoms with van der Waals surface area (Å²) >= 11 is 0. The number of terminal acetylenes is 1. The summed E-state index contributed by atoms with van der Waals surface area (Å²) in [5.74, 6) is 1.64. The minimum Gasteiger partial charge on any atom is -0.368 e. The molecule has 0 aliphatic carbocycles. The summed E-state index contributed by atoms with van der Waals surface area (Å²) in [6.45, 7) is 0. The number of hydrogen-bond acceptors (Lipinski definition) is 2. The van der Waals surface area contributed by atoms with Crippen molar-refractivity contribution in [1.29, 1.82) is 0 Å². The van der Waals surface area contributed by atoms with Gasteiger partial charge in [-0.1, -0.05) is 36.4 Å². The maximum atomic E-state index is 11.9. The van der Waals surface area contributed by atoms with Crippen molar-refractivity contribution in [2.45, 2.75) is 12.5 Å². The van der Waals surface area contributed by atoms with E-state index < -0.39 is 18.0 Å². The third-order valence-corrected chi connectivity index (χ3v) is 3.01. The van der Waals surface area contributed by atoms with E-state index in [2.05, 4.69) is 16.6 Å². The number of anilines is 1. The second-order valence-electron chi connectivity index (χ2n) is 4.49. The van der Waals surface area contributed by atoms with Crippen LogP contribution in [0.4, 0.5) is 10.5 Å². The van der Waals surface area contributed by atoms with Crippen molar-refractivity contribution in [2.75, 3.05) is 5.32 Å². The Bertz CT molecular complexity index is 714. The lowest BCUT2D eigenvalue weighted by Gasteiger charge is -2.14. The average molecular weight is 281 g/mol. The highest BCUT2D eigenvalue weighted by Gasteiger charge is 2.17. The molecule has 0 aromatic heterocycles. The van der Waals surface area contributed by atoms with Gasteiger partial charge in [-0.25, -0.2) is 4.79 Å². The van der Waals surface area contributed by atoms with Crippen LogP contribution in [0.2, 0.25) is 0 Å². The Morgan fingerprint density at radius 2 is 1.90 bits per heavy atom. The summed E-state index contributed by atoms with van der Waals surface area (Å²) in [6, 6.07) is 11.8. The third kappa shape index (κ3) is 3.51. The fraction of sp³-hybridized carbons (Fsp3) is 0.125. The van der Waals surface area contributed by atoms with Crippen molar-refractivity contribution in [3.05, 3.63) is 42.5 Å². The monoisotopic (exact) mass is 281 g/mol. The first kappa shape index (κ1) is 14.4. The number of primary amides is 1. The third-order valence-electron chi connectivity index (χ3n) is 3.01. The van der Waals surface area contributed by atoms with Crippen LogP contribution in [0.15, 0.2) is 42.5 Å². The quantitative estimate of drug-likeness (QED) is 0.747. The van der Waals surface area contributed by atoms with Crippen molar-refractivity contribution < 1.29 is 9.59 Å². The van der Waals surface area contributed by atoms with E-state index in [0.717, 1.165) is 10.8 Å². The highest BCUT2D eigenvalue weighted by molar-refractivity contribution is 6.02. The molecule has 1 atom stereocenters. The molecule has 0 unspecified atom stereocenters. The predicted molar refractivity (Wildman–Crippen MR) is 82.5 cm³/mol. The number of carbonyl (C=O) groups is 2. The molecule has 0 saturated carbocycles. The van der Waals surface area contributed by atoms with Gasteiger partial charge in [0.25, 0.3) is 0 Å². The molecule has 5 nitrogen and oxygen atoms in total. The van der Waals surface area contributed by atoms with Crippen molar-refractivity contribution in [2.24, 2.45) is 5.73 Å². The normalized spacial score (nSPS) is 11.4. The highest BCUT2D eigenvalue weighted by atomic mass is 16.2. The smallest absolute Gasteiger partial charge is 0.319 e. The van der Waals surface area contributed by atoms with Gasteiger partial charge in [-0.3, -0.25) is 4.79 Å². The van der Waals surface area contributed by atoms with Gasteiger partial charge in [0.05, 0.1) is 5.69 Å². The van der Waals surface area contributed by atoms with Crippen LogP contribution >= 0.6 is 0 Å². The predicted octanol–water partition coefficient (Wildman–Crippen LogP) is 1.84. The Labute approximate surface area is 122 Å². The number of benzene rings is 2. The number of urea groups is 1. The van der Waals surface area contributed by atoms with Crippen molar-refractivity contribution in [3.63, 3.8) is 0 Å². The molecule has 0 radical (unpaired) electrons. The second-order valence-corrected chi connectivity index (χ2v) is 4.49. The van der Waals surface area contributed by atoms with Gasteiger partial charge in [-0.05, 0) is 11.5 Å². The van der Waals surface area contributed by atoms with Gasteiger partial charge in [-0.2, -0.15) is 0 Å². The van der Waals surface area contributed by atoms with Gasteiger partial charge in [0.1, 0.15) is 6.04 Å². The van der Waals surface area contributed by atoms with Crippen molar-refractivity contribution in [3.8, 4) is 12.3 Å². The SMILES string of the molecule is C#CC[C@@H](NC(=O)Nc1cccc2ccccc12)C(N)=O. The van der Waals surface area contributed by atoms with Gasteiger partial charge < -0.3 is 16.4 Å². The summed E-state index contributed by atoms with van der Waals surface area (Å²) in [4.78, 5) is 23.1. The van der Waals surface area contributed by atoms with E-state index in [0.29, 0.717) is 5.69 Å². The van der Waals surface area contributed by atoms with Crippen LogP contribution in [0.3, 0.4) is 0 Å². The number of hydrogen-bond donors (Lipinski definition) is 3. The molecule has 0 heterocycles. The first-order valence-corrected chi connectivity index (χ1v) is 6.40. The molecule has 0 saturated heterocycles. The number of rotatable bonds is 4. The largest absolute Gasteiger partial charge is 0.368 e. The van der Waals surface area contributed by atoms with E-state index in [4.69, 9.17) is 12.2 Å². The molecule has 2 aromatic carbocycles. The Morgan fingerprint density at radius 1 is 1.19 bits per heavy atom. The molecular formula is C16H15N3O2. The van der Waals surface area contributed by atoms with Gasteiger partial charge in [0.2, 0.25) is 5.91 Å². The van der Waals surface area contributed by atoms with E-state index in [1.54, 1.807) is 6.07 Å². The molecule has 106 valence electrons.